The minimum Gasteiger partial charge on any atom is -0.368 e. The first-order valence-electron chi connectivity index (χ1n) is 6.47. The van der Waals surface area contributed by atoms with Gasteiger partial charge in [-0.3, -0.25) is 4.79 Å². The molecule has 0 radical (unpaired) electrons. The second-order valence-electron chi connectivity index (χ2n) is 4.87. The molecule has 1 atom stereocenters. The Labute approximate surface area is 112 Å². The number of hydrogen-bond donors (Lipinski definition) is 0. The van der Waals surface area contributed by atoms with Gasteiger partial charge in [-0.1, -0.05) is 11.6 Å². The normalized spacial score (nSPS) is 22.9. The molecule has 1 aromatic rings. The molecular formula is C14H16ClNO2. The Hall–Kier alpha value is -1.06. The van der Waals surface area contributed by atoms with Crippen molar-refractivity contribution in [2.45, 2.75) is 31.8 Å². The van der Waals surface area contributed by atoms with Gasteiger partial charge in [0.05, 0.1) is 0 Å². The average Bonchev–Trinajstić information content (AvgIpc) is 2.90. The molecule has 2 aliphatic heterocycles. The van der Waals surface area contributed by atoms with Crippen molar-refractivity contribution >= 4 is 23.2 Å². The minimum atomic E-state index is -0.244. The van der Waals surface area contributed by atoms with Crippen LogP contribution in [0.15, 0.2) is 18.2 Å². The Bertz CT molecular complexity index is 469. The van der Waals surface area contributed by atoms with E-state index in [1.165, 1.54) is 5.56 Å². The van der Waals surface area contributed by atoms with Crippen LogP contribution in [0.3, 0.4) is 0 Å². The molecule has 0 saturated carbocycles. The van der Waals surface area contributed by atoms with Crippen LogP contribution in [0.25, 0.3) is 0 Å². The quantitative estimate of drug-likeness (QED) is 0.781. The number of benzene rings is 1. The van der Waals surface area contributed by atoms with Crippen molar-refractivity contribution in [2.75, 3.05) is 18.1 Å². The van der Waals surface area contributed by atoms with Crippen LogP contribution in [0.5, 0.6) is 0 Å². The van der Waals surface area contributed by atoms with E-state index >= 15 is 0 Å². The van der Waals surface area contributed by atoms with E-state index in [2.05, 4.69) is 0 Å². The van der Waals surface area contributed by atoms with Gasteiger partial charge in [0.25, 0.3) is 5.91 Å². The molecule has 0 spiro atoms. The number of hydrogen-bond acceptors (Lipinski definition) is 2. The number of rotatable bonds is 1. The summed E-state index contributed by atoms with van der Waals surface area (Å²) in [4.78, 5) is 14.3. The Morgan fingerprint density at radius 3 is 3.06 bits per heavy atom. The third-order valence-electron chi connectivity index (χ3n) is 3.63. The molecule has 96 valence electrons. The highest BCUT2D eigenvalue weighted by molar-refractivity contribution is 6.30. The highest BCUT2D eigenvalue weighted by Gasteiger charge is 2.31. The van der Waals surface area contributed by atoms with Gasteiger partial charge in [-0.15, -0.1) is 0 Å². The first kappa shape index (κ1) is 12.0. The van der Waals surface area contributed by atoms with E-state index < -0.39 is 0 Å². The minimum absolute atomic E-state index is 0.107. The highest BCUT2D eigenvalue weighted by Crippen LogP contribution is 2.31. The summed E-state index contributed by atoms with van der Waals surface area (Å²) in [5.41, 5.74) is 2.17. The van der Waals surface area contributed by atoms with E-state index in [1.54, 1.807) is 0 Å². The van der Waals surface area contributed by atoms with Crippen molar-refractivity contribution < 1.29 is 9.53 Å². The summed E-state index contributed by atoms with van der Waals surface area (Å²) in [6.45, 7) is 1.49. The van der Waals surface area contributed by atoms with Gasteiger partial charge in [-0.25, -0.2) is 0 Å². The van der Waals surface area contributed by atoms with Crippen molar-refractivity contribution in [1.82, 2.24) is 0 Å². The van der Waals surface area contributed by atoms with Gasteiger partial charge in [-0.05, 0) is 49.4 Å². The number of carbonyl (C=O) groups is 1. The number of halogens is 1. The van der Waals surface area contributed by atoms with E-state index in [0.29, 0.717) is 6.61 Å². The molecule has 3 nitrogen and oxygen atoms in total. The molecule has 1 aromatic carbocycles. The summed E-state index contributed by atoms with van der Waals surface area (Å²) in [5, 5.41) is 0.736. The molecule has 3 rings (SSSR count). The molecule has 2 heterocycles. The summed E-state index contributed by atoms with van der Waals surface area (Å²) < 4.78 is 5.49. The van der Waals surface area contributed by atoms with Crippen LogP contribution >= 0.6 is 11.6 Å². The topological polar surface area (TPSA) is 29.5 Å². The first-order valence-corrected chi connectivity index (χ1v) is 6.85. The molecule has 0 N–H and O–H groups in total. The molecule has 4 heteroatoms. The lowest BCUT2D eigenvalue weighted by atomic mass is 10.0. The van der Waals surface area contributed by atoms with Crippen LogP contribution in [0.2, 0.25) is 5.02 Å². The van der Waals surface area contributed by atoms with E-state index in [0.717, 1.165) is 42.9 Å². The molecule has 18 heavy (non-hydrogen) atoms. The van der Waals surface area contributed by atoms with E-state index in [9.17, 15) is 4.79 Å². The van der Waals surface area contributed by atoms with Crippen LogP contribution in [-0.4, -0.2) is 25.2 Å². The predicted molar refractivity (Wildman–Crippen MR) is 71.1 cm³/mol. The maximum atomic E-state index is 12.4. The second kappa shape index (κ2) is 4.90. The molecular weight excluding hydrogens is 250 g/mol. The van der Waals surface area contributed by atoms with Crippen LogP contribution in [0, 0.1) is 0 Å². The standard InChI is InChI=1S/C14H16ClNO2/c15-11-5-6-12-10(9-11)3-1-7-16(12)14(17)13-4-2-8-18-13/h5-6,9,13H,1-4,7-8H2. The summed E-state index contributed by atoms with van der Waals surface area (Å²) in [5.74, 6) is 0.107. The lowest BCUT2D eigenvalue weighted by molar-refractivity contribution is -0.127. The zero-order valence-corrected chi connectivity index (χ0v) is 10.9. The van der Waals surface area contributed by atoms with Crippen LogP contribution < -0.4 is 4.90 Å². The number of anilines is 1. The summed E-state index contributed by atoms with van der Waals surface area (Å²) in [6, 6.07) is 5.76. The predicted octanol–water partition coefficient (Wildman–Crippen LogP) is 2.80. The van der Waals surface area contributed by atoms with Gasteiger partial charge >= 0.3 is 0 Å². The largest absolute Gasteiger partial charge is 0.368 e. The average molecular weight is 266 g/mol. The molecule has 2 aliphatic rings. The Balaban J connectivity index is 1.88. The van der Waals surface area contributed by atoms with Crippen molar-refractivity contribution in [1.29, 1.82) is 0 Å². The maximum absolute atomic E-state index is 12.4. The van der Waals surface area contributed by atoms with Crippen molar-refractivity contribution in [3.8, 4) is 0 Å². The van der Waals surface area contributed by atoms with E-state index in [1.807, 2.05) is 23.1 Å². The number of fused-ring (bicyclic) bond motifs is 1. The zero-order chi connectivity index (χ0) is 12.5. The number of nitrogens with zero attached hydrogens (tertiary/aromatic N) is 1. The number of carbonyl (C=O) groups excluding carboxylic acids is 1. The van der Waals surface area contributed by atoms with Gasteiger partial charge in [0.1, 0.15) is 6.10 Å². The Morgan fingerprint density at radius 2 is 2.28 bits per heavy atom. The van der Waals surface area contributed by atoms with Crippen molar-refractivity contribution in [3.05, 3.63) is 28.8 Å². The maximum Gasteiger partial charge on any atom is 0.256 e. The van der Waals surface area contributed by atoms with E-state index in [-0.39, 0.29) is 12.0 Å². The lowest BCUT2D eigenvalue weighted by Crippen LogP contribution is -2.41. The van der Waals surface area contributed by atoms with E-state index in [4.69, 9.17) is 16.3 Å². The summed E-state index contributed by atoms with van der Waals surface area (Å²) in [6.07, 6.45) is 3.57. The fourth-order valence-electron chi connectivity index (χ4n) is 2.74. The first-order chi connectivity index (χ1) is 8.75. The van der Waals surface area contributed by atoms with Gasteiger partial charge in [0.15, 0.2) is 0 Å². The van der Waals surface area contributed by atoms with Gasteiger partial charge in [0, 0.05) is 23.9 Å². The third kappa shape index (κ3) is 2.13. The fraction of sp³-hybridized carbons (Fsp3) is 0.500. The zero-order valence-electron chi connectivity index (χ0n) is 10.2. The number of ether oxygens (including phenoxy) is 1. The van der Waals surface area contributed by atoms with Crippen LogP contribution in [-0.2, 0) is 16.0 Å². The third-order valence-corrected chi connectivity index (χ3v) is 3.87. The SMILES string of the molecule is O=C(C1CCCO1)N1CCCc2cc(Cl)ccc21. The number of aryl methyl sites for hydroxylation is 1. The molecule has 0 aliphatic carbocycles. The monoisotopic (exact) mass is 265 g/mol. The van der Waals surface area contributed by atoms with Gasteiger partial charge in [0.2, 0.25) is 0 Å². The molecule has 1 unspecified atom stereocenters. The van der Waals surface area contributed by atoms with Crippen molar-refractivity contribution in [3.63, 3.8) is 0 Å². The highest BCUT2D eigenvalue weighted by atomic mass is 35.5. The summed E-state index contributed by atoms with van der Waals surface area (Å²) >= 11 is 6.00. The van der Waals surface area contributed by atoms with Gasteiger partial charge in [-0.2, -0.15) is 0 Å². The molecule has 0 aromatic heterocycles. The summed E-state index contributed by atoms with van der Waals surface area (Å²) in [7, 11) is 0. The van der Waals surface area contributed by atoms with Gasteiger partial charge < -0.3 is 9.64 Å². The van der Waals surface area contributed by atoms with Crippen LogP contribution in [0.1, 0.15) is 24.8 Å². The fourth-order valence-corrected chi connectivity index (χ4v) is 2.94. The molecule has 1 saturated heterocycles. The molecule has 1 amide bonds. The Morgan fingerprint density at radius 1 is 1.39 bits per heavy atom. The second-order valence-corrected chi connectivity index (χ2v) is 5.30. The molecule has 0 bridgehead atoms. The Kier molecular flexibility index (Phi) is 3.27. The molecule has 1 fully saturated rings. The van der Waals surface area contributed by atoms with Crippen LogP contribution in [0.4, 0.5) is 5.69 Å². The lowest BCUT2D eigenvalue weighted by Gasteiger charge is -2.31. The number of amides is 1. The smallest absolute Gasteiger partial charge is 0.256 e. The van der Waals surface area contributed by atoms with Crippen molar-refractivity contribution in [2.24, 2.45) is 0 Å².